The highest BCUT2D eigenvalue weighted by molar-refractivity contribution is 7.11. The van der Waals surface area contributed by atoms with Gasteiger partial charge in [-0.2, -0.15) is 0 Å². The summed E-state index contributed by atoms with van der Waals surface area (Å²) in [5.74, 6) is 0. The predicted octanol–water partition coefficient (Wildman–Crippen LogP) is 1.63. The quantitative estimate of drug-likeness (QED) is 0.450. The maximum absolute atomic E-state index is 14.5. The first kappa shape index (κ1) is 15.1. The van der Waals surface area contributed by atoms with Crippen molar-refractivity contribution in [1.82, 2.24) is 15.1 Å². The molecular formula is C12H20FN4O2S+. The maximum Gasteiger partial charge on any atom is 0.411 e. The zero-order valence-electron chi connectivity index (χ0n) is 12.4. The lowest BCUT2D eigenvalue weighted by molar-refractivity contribution is -0.822. The zero-order chi connectivity index (χ0) is 15.1. The molecule has 0 saturated heterocycles. The number of carbonyl (C=O) groups is 1. The van der Waals surface area contributed by atoms with E-state index in [1.165, 1.54) is 30.2 Å². The van der Waals surface area contributed by atoms with E-state index in [9.17, 15) is 9.18 Å². The molecule has 1 atom stereocenters. The molecule has 0 aliphatic carbocycles. The molecule has 8 heteroatoms. The maximum atomic E-state index is 14.5. The standard InChI is InChI=1S/C12H20FN4O2S/c1-12(2,3)9-14-17-8(20-9)6-7-16(10(17)13)11(18)15(4)19-5/h10H,6-7H2,1-5H3/q+1. The van der Waals surface area contributed by atoms with Crippen molar-refractivity contribution in [1.29, 1.82) is 0 Å². The van der Waals surface area contributed by atoms with E-state index in [0.717, 1.165) is 20.0 Å². The van der Waals surface area contributed by atoms with E-state index in [0.29, 0.717) is 13.0 Å². The van der Waals surface area contributed by atoms with E-state index in [1.54, 1.807) is 0 Å². The molecule has 0 radical (unpaired) electrons. The number of alkyl halides is 1. The Morgan fingerprint density at radius 2 is 2.25 bits per heavy atom. The number of nitrogens with zero attached hydrogens (tertiary/aromatic N) is 4. The summed E-state index contributed by atoms with van der Waals surface area (Å²) in [6, 6.07) is -0.511. The third-order valence-electron chi connectivity index (χ3n) is 3.12. The fourth-order valence-corrected chi connectivity index (χ4v) is 2.94. The number of hydrogen-bond acceptors (Lipinski definition) is 4. The van der Waals surface area contributed by atoms with Crippen molar-refractivity contribution in [3.8, 4) is 0 Å². The summed E-state index contributed by atoms with van der Waals surface area (Å²) in [5.41, 5.74) is -0.132. The summed E-state index contributed by atoms with van der Waals surface area (Å²) in [5, 5.41) is 7.06. The molecule has 1 aliphatic heterocycles. The van der Waals surface area contributed by atoms with Crippen LogP contribution in [0.5, 0.6) is 0 Å². The van der Waals surface area contributed by atoms with Crippen LogP contribution in [-0.2, 0) is 16.7 Å². The molecule has 0 aromatic carbocycles. The van der Waals surface area contributed by atoms with Crippen molar-refractivity contribution in [3.63, 3.8) is 0 Å². The lowest BCUT2D eigenvalue weighted by atomic mass is 9.98. The first-order valence-corrected chi connectivity index (χ1v) is 7.22. The van der Waals surface area contributed by atoms with Gasteiger partial charge in [0, 0.05) is 24.1 Å². The van der Waals surface area contributed by atoms with Crippen LogP contribution < -0.4 is 4.68 Å². The Labute approximate surface area is 121 Å². The fraction of sp³-hybridized carbons (Fsp3) is 0.750. The van der Waals surface area contributed by atoms with Crippen LogP contribution in [-0.4, -0.2) is 41.8 Å². The second-order valence-electron chi connectivity index (χ2n) is 5.71. The molecule has 2 rings (SSSR count). The van der Waals surface area contributed by atoms with Gasteiger partial charge in [0.25, 0.3) is 5.01 Å². The van der Waals surface area contributed by atoms with Crippen molar-refractivity contribution in [2.24, 2.45) is 0 Å². The Bertz CT molecular complexity index is 514. The first-order valence-electron chi connectivity index (χ1n) is 6.40. The normalized spacial score (nSPS) is 18.9. The van der Waals surface area contributed by atoms with E-state index in [1.807, 2.05) is 20.8 Å². The van der Waals surface area contributed by atoms with Crippen LogP contribution in [0.25, 0.3) is 0 Å². The largest absolute Gasteiger partial charge is 0.411 e. The minimum atomic E-state index is -1.59. The van der Waals surface area contributed by atoms with Crippen molar-refractivity contribution in [2.45, 2.75) is 39.0 Å². The Balaban J connectivity index is 2.27. The van der Waals surface area contributed by atoms with Gasteiger partial charge in [-0.05, 0) is 16.0 Å². The number of hydrogen-bond donors (Lipinski definition) is 0. The van der Waals surface area contributed by atoms with E-state index in [4.69, 9.17) is 4.84 Å². The van der Waals surface area contributed by atoms with Crippen LogP contribution in [0.4, 0.5) is 9.18 Å². The van der Waals surface area contributed by atoms with Crippen LogP contribution in [0.2, 0.25) is 0 Å². The molecular weight excluding hydrogens is 283 g/mol. The molecule has 0 N–H and O–H groups in total. The van der Waals surface area contributed by atoms with Crippen molar-refractivity contribution in [3.05, 3.63) is 10.0 Å². The van der Waals surface area contributed by atoms with Crippen molar-refractivity contribution >= 4 is 17.4 Å². The number of hydroxylamine groups is 2. The summed E-state index contributed by atoms with van der Waals surface area (Å²) in [7, 11) is 2.82. The molecule has 0 spiro atoms. The molecule has 1 aromatic rings. The third kappa shape index (κ3) is 2.62. The highest BCUT2D eigenvalue weighted by atomic mass is 32.1. The number of rotatable bonds is 1. The molecule has 112 valence electrons. The molecule has 2 amide bonds. The van der Waals surface area contributed by atoms with Gasteiger partial charge in [-0.15, -0.1) is 4.39 Å². The number of halogens is 1. The zero-order valence-corrected chi connectivity index (χ0v) is 13.2. The van der Waals surface area contributed by atoms with Crippen LogP contribution in [0.1, 0.15) is 37.2 Å². The fourth-order valence-electron chi connectivity index (χ4n) is 1.87. The highest BCUT2D eigenvalue weighted by Gasteiger charge is 2.43. The number of carbonyl (C=O) groups excluding carboxylic acids is 1. The summed E-state index contributed by atoms with van der Waals surface area (Å²) < 4.78 is 15.8. The Hall–Kier alpha value is -1.28. The van der Waals surface area contributed by atoms with E-state index < -0.39 is 12.5 Å². The van der Waals surface area contributed by atoms with E-state index >= 15 is 0 Å². The van der Waals surface area contributed by atoms with Gasteiger partial charge in [-0.1, -0.05) is 20.8 Å². The summed E-state index contributed by atoms with van der Waals surface area (Å²) in [4.78, 5) is 17.9. The Morgan fingerprint density at radius 1 is 1.60 bits per heavy atom. The smallest absolute Gasteiger partial charge is 0.273 e. The van der Waals surface area contributed by atoms with Gasteiger partial charge in [0.05, 0.1) is 13.5 Å². The second kappa shape index (κ2) is 5.25. The molecule has 20 heavy (non-hydrogen) atoms. The second-order valence-corrected chi connectivity index (χ2v) is 6.77. The number of amides is 2. The topological polar surface area (TPSA) is 49.6 Å². The summed E-state index contributed by atoms with van der Waals surface area (Å²) in [6.07, 6.45) is -0.992. The number of urea groups is 1. The SMILES string of the molecule is CON(C)C(=O)N1CCc2sc(C(C)(C)C)n[n+]2C1F. The minimum absolute atomic E-state index is 0.132. The summed E-state index contributed by atoms with van der Waals surface area (Å²) >= 11 is 1.50. The molecule has 6 nitrogen and oxygen atoms in total. The average Bonchev–Trinajstić information content (AvgIpc) is 2.82. The lowest BCUT2D eigenvalue weighted by Crippen LogP contribution is -2.59. The number of fused-ring (bicyclic) bond motifs is 1. The Kier molecular flexibility index (Phi) is 3.97. The highest BCUT2D eigenvalue weighted by Crippen LogP contribution is 2.28. The average molecular weight is 303 g/mol. The van der Waals surface area contributed by atoms with Gasteiger partial charge in [0.2, 0.25) is 0 Å². The van der Waals surface area contributed by atoms with Crippen LogP contribution in [0, 0.1) is 0 Å². The monoisotopic (exact) mass is 303 g/mol. The third-order valence-corrected chi connectivity index (χ3v) is 4.64. The van der Waals surface area contributed by atoms with Crippen LogP contribution >= 0.6 is 11.3 Å². The van der Waals surface area contributed by atoms with Gasteiger partial charge >= 0.3 is 12.5 Å². The predicted molar refractivity (Wildman–Crippen MR) is 71.7 cm³/mol. The van der Waals surface area contributed by atoms with Gasteiger partial charge in [0.1, 0.15) is 0 Å². The van der Waals surface area contributed by atoms with Gasteiger partial charge in [-0.3, -0.25) is 4.84 Å². The van der Waals surface area contributed by atoms with Gasteiger partial charge in [-0.25, -0.2) is 14.8 Å². The molecule has 2 heterocycles. The molecule has 1 unspecified atom stereocenters. The first-order chi connectivity index (χ1) is 9.25. The number of aromatic nitrogens is 2. The molecule has 0 bridgehead atoms. The lowest BCUT2D eigenvalue weighted by Gasteiger charge is -2.27. The molecule has 0 fully saturated rings. The van der Waals surface area contributed by atoms with Crippen LogP contribution in [0.15, 0.2) is 0 Å². The van der Waals surface area contributed by atoms with E-state index in [-0.39, 0.29) is 5.41 Å². The minimum Gasteiger partial charge on any atom is -0.273 e. The van der Waals surface area contributed by atoms with Gasteiger partial charge < -0.3 is 0 Å². The van der Waals surface area contributed by atoms with Crippen molar-refractivity contribution < 1.29 is 18.7 Å². The molecule has 1 aliphatic rings. The van der Waals surface area contributed by atoms with Gasteiger partial charge in [0.15, 0.2) is 5.01 Å². The molecule has 1 aromatic heterocycles. The summed E-state index contributed by atoms with van der Waals surface area (Å²) in [6.45, 7) is 6.42. The molecule has 0 saturated carbocycles. The van der Waals surface area contributed by atoms with Crippen LogP contribution in [0.3, 0.4) is 0 Å². The van der Waals surface area contributed by atoms with Crippen molar-refractivity contribution in [2.75, 3.05) is 20.7 Å². The van der Waals surface area contributed by atoms with E-state index in [2.05, 4.69) is 5.10 Å². The Morgan fingerprint density at radius 3 is 2.80 bits per heavy atom.